The first-order valence-corrected chi connectivity index (χ1v) is 5.76. The second kappa shape index (κ2) is 5.29. The van der Waals surface area contributed by atoms with Gasteiger partial charge in [0.15, 0.2) is 0 Å². The maximum Gasteiger partial charge on any atom is 0.335 e. The number of likely N-dealkylation sites (tertiary alicyclic amines) is 1. The van der Waals surface area contributed by atoms with Crippen LogP contribution in [-0.4, -0.2) is 42.3 Å². The number of hydrogen-bond donors (Lipinski definition) is 1. The van der Waals surface area contributed by atoms with Gasteiger partial charge in [-0.2, -0.15) is 0 Å². The lowest BCUT2D eigenvalue weighted by Gasteiger charge is -2.15. The number of nitrogens with zero attached hydrogens (tertiary/aromatic N) is 1. The largest absolute Gasteiger partial charge is 0.478 e. The van der Waals surface area contributed by atoms with E-state index in [9.17, 15) is 4.79 Å². The lowest BCUT2D eigenvalue weighted by Crippen LogP contribution is -2.22. The van der Waals surface area contributed by atoms with E-state index in [1.165, 1.54) is 0 Å². The molecule has 0 aliphatic carbocycles. The highest BCUT2D eigenvalue weighted by Gasteiger charge is 2.21. The van der Waals surface area contributed by atoms with Crippen molar-refractivity contribution in [3.63, 3.8) is 0 Å². The van der Waals surface area contributed by atoms with E-state index in [1.807, 2.05) is 6.07 Å². The normalized spacial score (nSPS) is 20.6. The molecule has 0 bridgehead atoms. The van der Waals surface area contributed by atoms with Crippen LogP contribution in [0, 0.1) is 0 Å². The minimum atomic E-state index is -0.872. The molecule has 0 unspecified atom stereocenters. The highest BCUT2D eigenvalue weighted by atomic mass is 16.5. The van der Waals surface area contributed by atoms with Crippen molar-refractivity contribution in [2.75, 3.05) is 20.2 Å². The van der Waals surface area contributed by atoms with Crippen LogP contribution in [0.5, 0.6) is 0 Å². The van der Waals surface area contributed by atoms with E-state index in [0.717, 1.165) is 31.6 Å². The molecule has 1 heterocycles. The van der Waals surface area contributed by atoms with E-state index in [0.29, 0.717) is 11.7 Å². The van der Waals surface area contributed by atoms with Gasteiger partial charge in [-0.05, 0) is 24.1 Å². The number of methoxy groups -OCH3 is 1. The van der Waals surface area contributed by atoms with Gasteiger partial charge in [0.05, 0.1) is 11.7 Å². The maximum atomic E-state index is 10.9. The zero-order valence-corrected chi connectivity index (χ0v) is 9.93. The average molecular weight is 235 g/mol. The number of aromatic carboxylic acids is 1. The molecule has 0 aromatic heterocycles. The van der Waals surface area contributed by atoms with Gasteiger partial charge in [0.25, 0.3) is 0 Å². The number of carbonyl (C=O) groups is 1. The van der Waals surface area contributed by atoms with Crippen LogP contribution in [0.15, 0.2) is 24.3 Å². The molecule has 17 heavy (non-hydrogen) atoms. The molecule has 1 saturated heterocycles. The molecule has 0 amide bonds. The summed E-state index contributed by atoms with van der Waals surface area (Å²) in [5.74, 6) is -0.872. The van der Waals surface area contributed by atoms with Gasteiger partial charge in [-0.3, -0.25) is 4.90 Å². The highest BCUT2D eigenvalue weighted by molar-refractivity contribution is 5.87. The first-order valence-electron chi connectivity index (χ1n) is 5.76. The molecule has 0 saturated carbocycles. The summed E-state index contributed by atoms with van der Waals surface area (Å²) in [6, 6.07) is 7.12. The Morgan fingerprint density at radius 2 is 2.41 bits per heavy atom. The third-order valence-electron chi connectivity index (χ3n) is 3.14. The van der Waals surface area contributed by atoms with Crippen LogP contribution in [-0.2, 0) is 11.3 Å². The highest BCUT2D eigenvalue weighted by Crippen LogP contribution is 2.16. The second-order valence-corrected chi connectivity index (χ2v) is 4.39. The molecule has 1 aromatic rings. The van der Waals surface area contributed by atoms with Crippen LogP contribution >= 0.6 is 0 Å². The third-order valence-corrected chi connectivity index (χ3v) is 3.14. The van der Waals surface area contributed by atoms with Crippen molar-refractivity contribution in [1.82, 2.24) is 4.90 Å². The Labute approximate surface area is 101 Å². The van der Waals surface area contributed by atoms with Gasteiger partial charge in [-0.25, -0.2) is 4.79 Å². The smallest absolute Gasteiger partial charge is 0.335 e. The third kappa shape index (κ3) is 3.05. The summed E-state index contributed by atoms with van der Waals surface area (Å²) in [6.45, 7) is 2.73. The molecule has 4 heteroatoms. The van der Waals surface area contributed by atoms with E-state index < -0.39 is 5.97 Å². The van der Waals surface area contributed by atoms with Gasteiger partial charge in [-0.1, -0.05) is 12.1 Å². The molecular weight excluding hydrogens is 218 g/mol. The summed E-state index contributed by atoms with van der Waals surface area (Å²) in [4.78, 5) is 13.1. The average Bonchev–Trinajstić information content (AvgIpc) is 2.77. The first kappa shape index (κ1) is 12.1. The Kier molecular flexibility index (Phi) is 3.76. The molecule has 4 nitrogen and oxygen atoms in total. The zero-order valence-electron chi connectivity index (χ0n) is 9.93. The fourth-order valence-corrected chi connectivity index (χ4v) is 2.19. The van der Waals surface area contributed by atoms with Gasteiger partial charge < -0.3 is 9.84 Å². The maximum absolute atomic E-state index is 10.9. The van der Waals surface area contributed by atoms with E-state index in [2.05, 4.69) is 4.90 Å². The van der Waals surface area contributed by atoms with Crippen molar-refractivity contribution >= 4 is 5.97 Å². The summed E-state index contributed by atoms with van der Waals surface area (Å²) in [7, 11) is 1.74. The van der Waals surface area contributed by atoms with Crippen LogP contribution in [0.2, 0.25) is 0 Å². The number of carboxylic acid groups (broad SMARTS) is 1. The fraction of sp³-hybridized carbons (Fsp3) is 0.462. The van der Waals surface area contributed by atoms with E-state index >= 15 is 0 Å². The molecular formula is C13H17NO3. The van der Waals surface area contributed by atoms with Crippen molar-refractivity contribution in [2.24, 2.45) is 0 Å². The molecule has 0 spiro atoms. The summed E-state index contributed by atoms with van der Waals surface area (Å²) in [5, 5.41) is 8.92. The Balaban J connectivity index is 1.99. The Bertz CT molecular complexity index is 405. The molecule has 1 fully saturated rings. The number of hydrogen-bond acceptors (Lipinski definition) is 3. The van der Waals surface area contributed by atoms with Crippen molar-refractivity contribution in [1.29, 1.82) is 0 Å². The van der Waals surface area contributed by atoms with Crippen molar-refractivity contribution in [3.05, 3.63) is 35.4 Å². The monoisotopic (exact) mass is 235 g/mol. The van der Waals surface area contributed by atoms with E-state index in [4.69, 9.17) is 9.84 Å². The minimum absolute atomic E-state index is 0.317. The van der Waals surface area contributed by atoms with Gasteiger partial charge in [0.2, 0.25) is 0 Å². The molecule has 2 rings (SSSR count). The van der Waals surface area contributed by atoms with Gasteiger partial charge in [0, 0.05) is 26.7 Å². The lowest BCUT2D eigenvalue weighted by molar-refractivity contribution is 0.0696. The second-order valence-electron chi connectivity index (χ2n) is 4.39. The number of ether oxygens (including phenoxy) is 1. The zero-order chi connectivity index (χ0) is 12.3. The Morgan fingerprint density at radius 1 is 1.59 bits per heavy atom. The quantitative estimate of drug-likeness (QED) is 0.861. The van der Waals surface area contributed by atoms with Crippen LogP contribution in [0.1, 0.15) is 22.3 Å². The Morgan fingerprint density at radius 3 is 3.06 bits per heavy atom. The van der Waals surface area contributed by atoms with Crippen LogP contribution < -0.4 is 0 Å². The van der Waals surface area contributed by atoms with Crippen LogP contribution in [0.3, 0.4) is 0 Å². The standard InChI is InChI=1S/C13H17NO3/c1-17-12-5-6-14(9-12)8-10-3-2-4-11(7-10)13(15)16/h2-4,7,12H,5-6,8-9H2,1H3,(H,15,16)/t12-/m1/s1. The predicted octanol–water partition coefficient (Wildman–Crippen LogP) is 1.61. The molecule has 1 aromatic carbocycles. The van der Waals surface area contributed by atoms with Crippen molar-refractivity contribution < 1.29 is 14.6 Å². The first-order chi connectivity index (χ1) is 8.19. The molecule has 1 aliphatic heterocycles. The number of benzene rings is 1. The molecule has 92 valence electrons. The minimum Gasteiger partial charge on any atom is -0.478 e. The van der Waals surface area contributed by atoms with Crippen LogP contribution in [0.4, 0.5) is 0 Å². The molecule has 1 atom stereocenters. The van der Waals surface area contributed by atoms with Gasteiger partial charge >= 0.3 is 5.97 Å². The molecule has 1 aliphatic rings. The summed E-state index contributed by atoms with van der Waals surface area (Å²) >= 11 is 0. The van der Waals surface area contributed by atoms with Crippen molar-refractivity contribution in [3.8, 4) is 0 Å². The summed E-state index contributed by atoms with van der Waals surface area (Å²) in [5.41, 5.74) is 1.40. The lowest BCUT2D eigenvalue weighted by atomic mass is 10.1. The SMILES string of the molecule is CO[C@@H]1CCN(Cc2cccc(C(=O)O)c2)C1. The number of rotatable bonds is 4. The Hall–Kier alpha value is -1.39. The predicted molar refractivity (Wildman–Crippen MR) is 64.1 cm³/mol. The van der Waals surface area contributed by atoms with Gasteiger partial charge in [-0.15, -0.1) is 0 Å². The molecule has 1 N–H and O–H groups in total. The van der Waals surface area contributed by atoms with E-state index in [-0.39, 0.29) is 0 Å². The summed E-state index contributed by atoms with van der Waals surface area (Å²) in [6.07, 6.45) is 1.37. The molecule has 0 radical (unpaired) electrons. The fourth-order valence-electron chi connectivity index (χ4n) is 2.19. The van der Waals surface area contributed by atoms with Crippen LogP contribution in [0.25, 0.3) is 0 Å². The topological polar surface area (TPSA) is 49.8 Å². The summed E-state index contributed by atoms with van der Waals surface area (Å²) < 4.78 is 5.31. The van der Waals surface area contributed by atoms with Crippen molar-refractivity contribution in [2.45, 2.75) is 19.1 Å². The van der Waals surface area contributed by atoms with Gasteiger partial charge in [0.1, 0.15) is 0 Å². The van der Waals surface area contributed by atoms with E-state index in [1.54, 1.807) is 25.3 Å². The number of carboxylic acids is 1.